The second-order valence-corrected chi connectivity index (χ2v) is 7.29. The predicted molar refractivity (Wildman–Crippen MR) is 105 cm³/mol. The predicted octanol–water partition coefficient (Wildman–Crippen LogP) is 4.96. The van der Waals surface area contributed by atoms with Crippen LogP contribution < -0.4 is 4.31 Å². The SMILES string of the molecule is CC.Cc1ccccc1C1=C(O)c2cccnc2N(CC(F)(F)F)S1(=O)=O.[CH3-].[Y]. The number of benzene rings is 1. The van der Waals surface area contributed by atoms with Gasteiger partial charge < -0.3 is 12.5 Å². The minimum absolute atomic E-state index is 0. The fourth-order valence-electron chi connectivity index (χ4n) is 2.67. The van der Waals surface area contributed by atoms with Gasteiger partial charge in [0, 0.05) is 44.5 Å². The summed E-state index contributed by atoms with van der Waals surface area (Å²) >= 11 is 0. The summed E-state index contributed by atoms with van der Waals surface area (Å²) in [4.78, 5) is 3.17. The van der Waals surface area contributed by atoms with Gasteiger partial charge in [0.25, 0.3) is 10.0 Å². The van der Waals surface area contributed by atoms with Crippen molar-refractivity contribution < 1.29 is 59.4 Å². The zero-order valence-corrected chi connectivity index (χ0v) is 20.2. The van der Waals surface area contributed by atoms with E-state index in [4.69, 9.17) is 0 Å². The number of sulfonamides is 1. The van der Waals surface area contributed by atoms with E-state index in [2.05, 4.69) is 4.98 Å². The monoisotopic (exact) mass is 504 g/mol. The zero-order chi connectivity index (χ0) is 20.4. The molecule has 2 aromatic rings. The van der Waals surface area contributed by atoms with E-state index in [0.717, 1.165) is 0 Å². The van der Waals surface area contributed by atoms with Gasteiger partial charge in [0.2, 0.25) is 0 Å². The molecule has 1 N–H and O–H groups in total. The average Bonchev–Trinajstić information content (AvgIpc) is 2.61. The van der Waals surface area contributed by atoms with Crippen LogP contribution in [0.3, 0.4) is 0 Å². The molecule has 5 nitrogen and oxygen atoms in total. The summed E-state index contributed by atoms with van der Waals surface area (Å²) in [5, 5.41) is 10.5. The van der Waals surface area contributed by atoms with Crippen molar-refractivity contribution in [3.05, 3.63) is 66.7 Å². The van der Waals surface area contributed by atoms with E-state index in [1.165, 1.54) is 24.4 Å². The Hall–Kier alpha value is -1.45. The third kappa shape index (κ3) is 5.58. The molecule has 0 bridgehead atoms. The summed E-state index contributed by atoms with van der Waals surface area (Å²) in [5.41, 5.74) is 0.577. The van der Waals surface area contributed by atoms with Crippen LogP contribution in [0.1, 0.15) is 30.5 Å². The molecule has 0 spiro atoms. The van der Waals surface area contributed by atoms with Gasteiger partial charge in [-0.3, -0.25) is 0 Å². The van der Waals surface area contributed by atoms with Crippen LogP contribution in [-0.4, -0.2) is 31.2 Å². The van der Waals surface area contributed by atoms with Crippen LogP contribution >= 0.6 is 0 Å². The number of alkyl halides is 3. The number of aromatic nitrogens is 1. The Labute approximate surface area is 194 Å². The van der Waals surface area contributed by atoms with Gasteiger partial charge in [-0.25, -0.2) is 17.7 Å². The molecule has 0 fully saturated rings. The van der Waals surface area contributed by atoms with Gasteiger partial charge >= 0.3 is 6.18 Å². The first-order valence-electron chi connectivity index (χ1n) is 8.17. The summed E-state index contributed by atoms with van der Waals surface area (Å²) in [7, 11) is -4.66. The first-order valence-corrected chi connectivity index (χ1v) is 9.61. The van der Waals surface area contributed by atoms with E-state index in [1.807, 2.05) is 13.8 Å². The molecule has 0 aliphatic carbocycles. The van der Waals surface area contributed by atoms with Crippen molar-refractivity contribution in [2.45, 2.75) is 26.9 Å². The summed E-state index contributed by atoms with van der Waals surface area (Å²) in [5.74, 6) is -1.06. The van der Waals surface area contributed by atoms with Crippen LogP contribution in [-0.2, 0) is 42.7 Å². The Balaban J connectivity index is 0.00000190. The molecule has 0 atom stereocenters. The van der Waals surface area contributed by atoms with Gasteiger partial charge in [-0.15, -0.1) is 0 Å². The minimum atomic E-state index is -4.77. The van der Waals surface area contributed by atoms with Crippen molar-refractivity contribution in [3.8, 4) is 0 Å². The Bertz CT molecular complexity index is 977. The Morgan fingerprint density at radius 2 is 1.62 bits per heavy atom. The van der Waals surface area contributed by atoms with Crippen LogP contribution in [0.25, 0.3) is 10.7 Å². The van der Waals surface area contributed by atoms with Crippen LogP contribution in [0, 0.1) is 14.4 Å². The largest absolute Gasteiger partial charge is 0.506 e. The third-order valence-corrected chi connectivity index (χ3v) is 5.57. The molecule has 0 saturated carbocycles. The maximum Gasteiger partial charge on any atom is 0.407 e. The first-order chi connectivity index (χ1) is 12.6. The van der Waals surface area contributed by atoms with Crippen LogP contribution in [0.2, 0.25) is 0 Å². The number of fused-ring (bicyclic) bond motifs is 1. The summed E-state index contributed by atoms with van der Waals surface area (Å²) < 4.78 is 64.9. The number of aliphatic hydroxyl groups excluding tert-OH is 1. The molecule has 0 amide bonds. The van der Waals surface area contributed by atoms with Gasteiger partial charge in [-0.05, 0) is 24.6 Å². The van der Waals surface area contributed by atoms with Gasteiger partial charge in [0.15, 0.2) is 5.82 Å². The zero-order valence-electron chi connectivity index (χ0n) is 16.5. The van der Waals surface area contributed by atoms with E-state index in [-0.39, 0.29) is 55.6 Å². The normalized spacial score (nSPS) is 14.6. The first kappa shape index (κ1) is 27.6. The molecule has 157 valence electrons. The maximum atomic E-state index is 13.0. The standard InChI is InChI=1S/C16H13F3N2O3S.C2H6.CH3.Y/c1-10-5-2-3-6-11(10)14-13(22)12-7-4-8-20-15(12)21(25(14,23)24)9-16(17,18)19;1-2;;/h2-8,22H,9H2,1H3;1-2H3;1H3;/q;;-1;. The molecule has 10 heteroatoms. The molecular weight excluding hydrogens is 482 g/mol. The van der Waals surface area contributed by atoms with Gasteiger partial charge in [0.1, 0.15) is 17.2 Å². The quantitative estimate of drug-likeness (QED) is 0.588. The van der Waals surface area contributed by atoms with Gasteiger partial charge in [-0.1, -0.05) is 38.1 Å². The van der Waals surface area contributed by atoms with Crippen molar-refractivity contribution in [2.75, 3.05) is 10.8 Å². The number of hydrogen-bond acceptors (Lipinski definition) is 4. The number of pyridine rings is 1. The summed E-state index contributed by atoms with van der Waals surface area (Å²) in [6.07, 6.45) is -3.60. The fraction of sp³-hybridized carbons (Fsp3) is 0.263. The smallest absolute Gasteiger partial charge is 0.407 e. The molecular formula is C19H22F3N2O3SY-. The van der Waals surface area contributed by atoms with Gasteiger partial charge in [0.05, 0.1) is 5.56 Å². The molecule has 3 rings (SSSR count). The minimum Gasteiger partial charge on any atom is -0.506 e. The molecule has 2 heterocycles. The summed E-state index contributed by atoms with van der Waals surface area (Å²) in [6, 6.07) is 8.99. The number of aliphatic hydroxyl groups is 1. The van der Waals surface area contributed by atoms with Gasteiger partial charge in [-0.2, -0.15) is 13.2 Å². The molecule has 1 aliphatic rings. The number of aryl methyl sites for hydroxylation is 1. The number of nitrogens with zero attached hydrogens (tertiary/aromatic N) is 2. The third-order valence-electron chi connectivity index (χ3n) is 3.75. The Morgan fingerprint density at radius 1 is 1.07 bits per heavy atom. The maximum absolute atomic E-state index is 13.0. The topological polar surface area (TPSA) is 70.5 Å². The molecule has 0 saturated heterocycles. The van der Waals surface area contributed by atoms with Crippen molar-refractivity contribution in [3.63, 3.8) is 0 Å². The number of rotatable bonds is 2. The second-order valence-electron chi connectivity index (χ2n) is 5.49. The molecule has 1 aromatic carbocycles. The molecule has 0 unspecified atom stereocenters. The van der Waals surface area contributed by atoms with E-state index in [1.54, 1.807) is 25.1 Å². The van der Waals surface area contributed by atoms with Crippen molar-refractivity contribution in [2.24, 2.45) is 0 Å². The fourth-order valence-corrected chi connectivity index (χ4v) is 4.44. The van der Waals surface area contributed by atoms with E-state index >= 15 is 0 Å². The van der Waals surface area contributed by atoms with Crippen LogP contribution in [0.5, 0.6) is 0 Å². The van der Waals surface area contributed by atoms with E-state index < -0.39 is 39.2 Å². The molecule has 29 heavy (non-hydrogen) atoms. The Morgan fingerprint density at radius 3 is 2.17 bits per heavy atom. The van der Waals surface area contributed by atoms with Crippen LogP contribution in [0.4, 0.5) is 19.0 Å². The van der Waals surface area contributed by atoms with Crippen molar-refractivity contribution in [1.29, 1.82) is 0 Å². The molecule has 1 aromatic heterocycles. The number of anilines is 1. The van der Waals surface area contributed by atoms with E-state index in [9.17, 15) is 26.7 Å². The van der Waals surface area contributed by atoms with Crippen molar-refractivity contribution >= 4 is 26.5 Å². The van der Waals surface area contributed by atoms with Crippen molar-refractivity contribution in [1.82, 2.24) is 4.98 Å². The van der Waals surface area contributed by atoms with E-state index in [0.29, 0.717) is 5.56 Å². The summed E-state index contributed by atoms with van der Waals surface area (Å²) in [6.45, 7) is 3.87. The molecule has 1 radical (unpaired) electrons. The average molecular weight is 504 g/mol. The number of hydrogen-bond donors (Lipinski definition) is 1. The second kappa shape index (κ2) is 10.5. The molecule has 1 aliphatic heterocycles. The number of halogens is 3. The Kier molecular flexibility index (Phi) is 10.0. The van der Waals surface area contributed by atoms with Crippen LogP contribution in [0.15, 0.2) is 42.6 Å².